The largest absolute Gasteiger partial charge is 0.495 e. The molecule has 0 saturated heterocycles. The zero-order chi connectivity index (χ0) is 20.8. The van der Waals surface area contributed by atoms with E-state index in [2.05, 4.69) is 35.4 Å². The van der Waals surface area contributed by atoms with E-state index in [0.717, 1.165) is 23.4 Å². The minimum absolute atomic E-state index is 0.0691. The molecule has 1 aromatic heterocycles. The molecule has 152 valence electrons. The Labute approximate surface area is 175 Å². The number of para-hydroxylation sites is 3. The van der Waals surface area contributed by atoms with E-state index in [1.165, 1.54) is 11.8 Å². The smallest absolute Gasteiger partial charge is 0.237 e. The maximum atomic E-state index is 12.9. The quantitative estimate of drug-likeness (QED) is 0.535. The Balaban J connectivity index is 1.76. The van der Waals surface area contributed by atoms with Crippen molar-refractivity contribution in [3.8, 4) is 11.4 Å². The molecule has 7 heteroatoms. The first kappa shape index (κ1) is 20.9. The van der Waals surface area contributed by atoms with E-state index in [0.29, 0.717) is 16.8 Å². The van der Waals surface area contributed by atoms with Gasteiger partial charge >= 0.3 is 0 Å². The normalized spacial score (nSPS) is 13.0. The highest BCUT2D eigenvalue weighted by molar-refractivity contribution is 8.00. The molecule has 0 unspecified atom stereocenters. The second kappa shape index (κ2) is 9.60. The zero-order valence-electron chi connectivity index (χ0n) is 17.1. The number of carbonyl (C=O) groups is 1. The highest BCUT2D eigenvalue weighted by atomic mass is 32.2. The van der Waals surface area contributed by atoms with Crippen LogP contribution in [-0.4, -0.2) is 33.0 Å². The molecular weight excluding hydrogens is 384 g/mol. The summed E-state index contributed by atoms with van der Waals surface area (Å²) in [6, 6.07) is 15.6. The molecule has 29 heavy (non-hydrogen) atoms. The van der Waals surface area contributed by atoms with Crippen LogP contribution in [0.15, 0.2) is 60.0 Å². The van der Waals surface area contributed by atoms with Crippen molar-refractivity contribution in [3.05, 3.63) is 60.4 Å². The Bertz CT molecular complexity index is 973. The van der Waals surface area contributed by atoms with Crippen molar-refractivity contribution in [1.82, 2.24) is 14.8 Å². The van der Waals surface area contributed by atoms with Gasteiger partial charge in [-0.2, -0.15) is 0 Å². The van der Waals surface area contributed by atoms with E-state index in [9.17, 15) is 4.79 Å². The van der Waals surface area contributed by atoms with Crippen LogP contribution in [0.25, 0.3) is 5.69 Å². The van der Waals surface area contributed by atoms with E-state index in [-0.39, 0.29) is 11.2 Å². The summed E-state index contributed by atoms with van der Waals surface area (Å²) in [6.07, 6.45) is 2.64. The molecular formula is C22H26N4O2S. The van der Waals surface area contributed by atoms with E-state index in [1.807, 2.05) is 54.0 Å². The first-order valence-electron chi connectivity index (χ1n) is 9.65. The minimum Gasteiger partial charge on any atom is -0.495 e. The van der Waals surface area contributed by atoms with Gasteiger partial charge in [0.1, 0.15) is 12.1 Å². The average Bonchev–Trinajstić information content (AvgIpc) is 3.21. The van der Waals surface area contributed by atoms with E-state index in [1.54, 1.807) is 13.4 Å². The summed E-state index contributed by atoms with van der Waals surface area (Å²) in [5, 5.41) is 11.6. The van der Waals surface area contributed by atoms with Gasteiger partial charge in [-0.1, -0.05) is 55.9 Å². The standard InChI is InChI=1S/C22H26N4O2S/c1-5-15(2)17-10-6-7-11-18(17)24-21(27)16(3)29-22-25-23-14-26(22)19-12-8-9-13-20(19)28-4/h6-16H,5H2,1-4H3,(H,24,27)/t15-,16+/m0/s1. The van der Waals surface area contributed by atoms with Crippen LogP contribution in [0.2, 0.25) is 0 Å². The number of nitrogens with zero attached hydrogens (tertiary/aromatic N) is 3. The maximum Gasteiger partial charge on any atom is 0.237 e. The van der Waals surface area contributed by atoms with E-state index in [4.69, 9.17) is 4.74 Å². The lowest BCUT2D eigenvalue weighted by atomic mass is 9.97. The fourth-order valence-corrected chi connectivity index (χ4v) is 3.84. The van der Waals surface area contributed by atoms with Crippen molar-refractivity contribution in [3.63, 3.8) is 0 Å². The summed E-state index contributed by atoms with van der Waals surface area (Å²) in [4.78, 5) is 12.9. The van der Waals surface area contributed by atoms with Crippen LogP contribution in [0.3, 0.4) is 0 Å². The van der Waals surface area contributed by atoms with Gasteiger partial charge in [0.15, 0.2) is 5.16 Å². The third-order valence-corrected chi connectivity index (χ3v) is 5.93. The number of benzene rings is 2. The number of rotatable bonds is 8. The van der Waals surface area contributed by atoms with Crippen molar-refractivity contribution in [2.45, 2.75) is 43.5 Å². The summed E-state index contributed by atoms with van der Waals surface area (Å²) in [6.45, 7) is 6.18. The Morgan fingerprint density at radius 3 is 2.66 bits per heavy atom. The molecule has 0 aliphatic rings. The van der Waals surface area contributed by atoms with Crippen LogP contribution < -0.4 is 10.1 Å². The van der Waals surface area contributed by atoms with Gasteiger partial charge < -0.3 is 10.1 Å². The molecule has 1 amide bonds. The highest BCUT2D eigenvalue weighted by Gasteiger charge is 2.21. The first-order valence-corrected chi connectivity index (χ1v) is 10.5. The molecule has 1 N–H and O–H groups in total. The van der Waals surface area contributed by atoms with Crippen molar-refractivity contribution in [2.24, 2.45) is 0 Å². The van der Waals surface area contributed by atoms with Crippen molar-refractivity contribution < 1.29 is 9.53 Å². The summed E-state index contributed by atoms with van der Waals surface area (Å²) in [5.74, 6) is 1.03. The fraction of sp³-hybridized carbons (Fsp3) is 0.318. The maximum absolute atomic E-state index is 12.9. The molecule has 0 saturated carbocycles. The van der Waals surface area contributed by atoms with Crippen LogP contribution in [0, 0.1) is 0 Å². The monoisotopic (exact) mass is 410 g/mol. The summed E-state index contributed by atoms with van der Waals surface area (Å²) < 4.78 is 7.27. The molecule has 3 rings (SSSR count). The predicted molar refractivity (Wildman–Crippen MR) is 117 cm³/mol. The number of thioether (sulfide) groups is 1. The molecule has 2 aromatic carbocycles. The number of carbonyl (C=O) groups excluding carboxylic acids is 1. The molecule has 0 spiro atoms. The molecule has 1 heterocycles. The fourth-order valence-electron chi connectivity index (χ4n) is 3.01. The Kier molecular flexibility index (Phi) is 6.93. The number of hydrogen-bond acceptors (Lipinski definition) is 5. The van der Waals surface area contributed by atoms with Gasteiger partial charge in [-0.25, -0.2) is 0 Å². The number of methoxy groups -OCH3 is 1. The second-order valence-corrected chi connectivity index (χ2v) is 8.11. The van der Waals surface area contributed by atoms with E-state index < -0.39 is 0 Å². The number of amides is 1. The first-order chi connectivity index (χ1) is 14.0. The van der Waals surface area contributed by atoms with Gasteiger partial charge in [0, 0.05) is 5.69 Å². The predicted octanol–water partition coefficient (Wildman–Crippen LogP) is 4.91. The van der Waals surface area contributed by atoms with Crippen LogP contribution in [0.4, 0.5) is 5.69 Å². The Hall–Kier alpha value is -2.80. The van der Waals surface area contributed by atoms with Gasteiger partial charge in [0.25, 0.3) is 0 Å². The summed E-state index contributed by atoms with van der Waals surface area (Å²) in [7, 11) is 1.63. The highest BCUT2D eigenvalue weighted by Crippen LogP contribution is 2.30. The summed E-state index contributed by atoms with van der Waals surface area (Å²) in [5.41, 5.74) is 2.85. The van der Waals surface area contributed by atoms with Gasteiger partial charge in [-0.15, -0.1) is 10.2 Å². The topological polar surface area (TPSA) is 69.0 Å². The third kappa shape index (κ3) is 4.79. The molecule has 6 nitrogen and oxygen atoms in total. The molecule has 0 aliphatic carbocycles. The lowest BCUT2D eigenvalue weighted by molar-refractivity contribution is -0.115. The SMILES string of the molecule is CC[C@H](C)c1ccccc1NC(=O)[C@@H](C)Sc1nncn1-c1ccccc1OC. The lowest BCUT2D eigenvalue weighted by Crippen LogP contribution is -2.23. The van der Waals surface area contributed by atoms with Crippen molar-refractivity contribution in [1.29, 1.82) is 0 Å². The second-order valence-electron chi connectivity index (χ2n) is 6.80. The summed E-state index contributed by atoms with van der Waals surface area (Å²) >= 11 is 1.36. The Morgan fingerprint density at radius 1 is 1.17 bits per heavy atom. The molecule has 0 bridgehead atoms. The number of ether oxygens (including phenoxy) is 1. The zero-order valence-corrected chi connectivity index (χ0v) is 17.9. The molecule has 0 radical (unpaired) electrons. The number of anilines is 1. The number of hydrogen-bond donors (Lipinski definition) is 1. The minimum atomic E-state index is -0.349. The van der Waals surface area contributed by atoms with E-state index >= 15 is 0 Å². The lowest BCUT2D eigenvalue weighted by Gasteiger charge is -2.18. The molecule has 2 atom stereocenters. The Morgan fingerprint density at radius 2 is 1.90 bits per heavy atom. The van der Waals surface area contributed by atoms with Crippen molar-refractivity contribution in [2.75, 3.05) is 12.4 Å². The van der Waals surface area contributed by atoms with Gasteiger partial charge in [-0.05, 0) is 43.0 Å². The average molecular weight is 411 g/mol. The molecule has 3 aromatic rings. The third-order valence-electron chi connectivity index (χ3n) is 4.87. The van der Waals surface area contributed by atoms with Gasteiger partial charge in [-0.3, -0.25) is 9.36 Å². The molecule has 0 fully saturated rings. The number of nitrogens with one attached hydrogen (secondary N) is 1. The van der Waals surface area contributed by atoms with Gasteiger partial charge in [0.05, 0.1) is 18.0 Å². The van der Waals surface area contributed by atoms with Crippen molar-refractivity contribution >= 4 is 23.4 Å². The van der Waals surface area contributed by atoms with Crippen LogP contribution in [-0.2, 0) is 4.79 Å². The van der Waals surface area contributed by atoms with Crippen LogP contribution >= 0.6 is 11.8 Å². The van der Waals surface area contributed by atoms with Crippen LogP contribution in [0.5, 0.6) is 5.75 Å². The van der Waals surface area contributed by atoms with Gasteiger partial charge in [0.2, 0.25) is 5.91 Å². The molecule has 0 aliphatic heterocycles. The number of aromatic nitrogens is 3. The van der Waals surface area contributed by atoms with Crippen LogP contribution in [0.1, 0.15) is 38.7 Å².